The molecule has 4 atom stereocenters. The first-order chi connectivity index (χ1) is 10.3. The lowest BCUT2D eigenvalue weighted by Gasteiger charge is -2.34. The Morgan fingerprint density at radius 3 is 2.71 bits per heavy atom. The molecular weight excluding hydrogens is 284 g/mol. The van der Waals surface area contributed by atoms with E-state index in [2.05, 4.69) is 34.4 Å². The molecule has 0 aliphatic carbocycles. The fraction of sp³-hybridized carbons (Fsp3) is 0.312. The third kappa shape index (κ3) is 2.27. The standard InChI is InChI=1S/C16H16N2O2S/c19-13-9-11(12-7-4-8-21-12)14-15(17-18-16(14)20-13)10-5-2-1-3-6-10/h1-8,11,14-18H,9H2. The summed E-state index contributed by atoms with van der Waals surface area (Å²) in [6.45, 7) is 0. The number of hydrogen-bond donors (Lipinski definition) is 2. The van der Waals surface area contributed by atoms with Crippen molar-refractivity contribution in [3.63, 3.8) is 0 Å². The molecular formula is C16H16N2O2S. The average molecular weight is 300 g/mol. The van der Waals surface area contributed by atoms with Gasteiger partial charge in [-0.15, -0.1) is 11.3 Å². The number of carbonyl (C=O) groups is 1. The molecule has 2 aliphatic rings. The van der Waals surface area contributed by atoms with Gasteiger partial charge in [0.2, 0.25) is 0 Å². The minimum atomic E-state index is -0.261. The number of hydrogen-bond acceptors (Lipinski definition) is 5. The van der Waals surface area contributed by atoms with Gasteiger partial charge in [0.25, 0.3) is 0 Å². The Labute approximate surface area is 127 Å². The molecule has 2 fully saturated rings. The monoisotopic (exact) mass is 300 g/mol. The number of esters is 1. The second-order valence-corrected chi connectivity index (χ2v) is 6.47. The van der Waals surface area contributed by atoms with Gasteiger partial charge in [-0.2, -0.15) is 0 Å². The van der Waals surface area contributed by atoms with Crippen molar-refractivity contribution >= 4 is 17.3 Å². The van der Waals surface area contributed by atoms with E-state index in [1.807, 2.05) is 24.3 Å². The number of thiophene rings is 1. The number of benzene rings is 1. The first kappa shape index (κ1) is 13.0. The molecule has 0 bridgehead atoms. The molecule has 3 heterocycles. The SMILES string of the molecule is O=C1CC(c2cccs2)C2C(NNC2c2ccccc2)O1. The second-order valence-electron chi connectivity index (χ2n) is 5.49. The molecule has 108 valence electrons. The van der Waals surface area contributed by atoms with Gasteiger partial charge in [0.05, 0.1) is 12.5 Å². The fourth-order valence-corrected chi connectivity index (χ4v) is 4.24. The Bertz CT molecular complexity index is 629. The molecule has 2 N–H and O–H groups in total. The van der Waals surface area contributed by atoms with Gasteiger partial charge in [0.1, 0.15) is 0 Å². The molecule has 0 spiro atoms. The number of fused-ring (bicyclic) bond motifs is 1. The number of hydrazine groups is 1. The van der Waals surface area contributed by atoms with E-state index in [0.29, 0.717) is 6.42 Å². The van der Waals surface area contributed by atoms with Crippen molar-refractivity contribution in [2.75, 3.05) is 0 Å². The molecule has 4 nitrogen and oxygen atoms in total. The Kier molecular flexibility index (Phi) is 3.25. The van der Waals surface area contributed by atoms with Gasteiger partial charge in [0.15, 0.2) is 6.23 Å². The van der Waals surface area contributed by atoms with Crippen molar-refractivity contribution in [1.29, 1.82) is 0 Å². The van der Waals surface area contributed by atoms with Crippen molar-refractivity contribution in [2.24, 2.45) is 5.92 Å². The predicted molar refractivity (Wildman–Crippen MR) is 80.5 cm³/mol. The normalized spacial score (nSPS) is 31.7. The average Bonchev–Trinajstić information content (AvgIpc) is 3.16. The largest absolute Gasteiger partial charge is 0.445 e. The van der Waals surface area contributed by atoms with Crippen LogP contribution >= 0.6 is 11.3 Å². The third-order valence-electron chi connectivity index (χ3n) is 4.29. The van der Waals surface area contributed by atoms with Crippen molar-refractivity contribution in [3.8, 4) is 0 Å². The minimum absolute atomic E-state index is 0.127. The van der Waals surface area contributed by atoms with Crippen molar-refractivity contribution in [3.05, 3.63) is 58.3 Å². The molecule has 2 aromatic rings. The highest BCUT2D eigenvalue weighted by atomic mass is 32.1. The topological polar surface area (TPSA) is 50.4 Å². The van der Waals surface area contributed by atoms with Crippen LogP contribution in [0.25, 0.3) is 0 Å². The molecule has 1 aromatic heterocycles. The summed E-state index contributed by atoms with van der Waals surface area (Å²) in [4.78, 5) is 13.1. The van der Waals surface area contributed by atoms with Gasteiger partial charge >= 0.3 is 5.97 Å². The lowest BCUT2D eigenvalue weighted by Crippen LogP contribution is -2.41. The summed E-state index contributed by atoms with van der Waals surface area (Å²) in [7, 11) is 0. The lowest BCUT2D eigenvalue weighted by molar-refractivity contribution is -0.160. The van der Waals surface area contributed by atoms with E-state index >= 15 is 0 Å². The molecule has 0 amide bonds. The third-order valence-corrected chi connectivity index (χ3v) is 5.30. The van der Waals surface area contributed by atoms with E-state index in [1.165, 1.54) is 10.4 Å². The number of carbonyl (C=O) groups excluding carboxylic acids is 1. The Balaban J connectivity index is 1.71. The van der Waals surface area contributed by atoms with Gasteiger partial charge < -0.3 is 4.74 Å². The van der Waals surface area contributed by atoms with Crippen LogP contribution < -0.4 is 10.9 Å². The maximum atomic E-state index is 11.9. The van der Waals surface area contributed by atoms with Crippen LogP contribution in [0.5, 0.6) is 0 Å². The van der Waals surface area contributed by atoms with Crippen LogP contribution in [0.4, 0.5) is 0 Å². The van der Waals surface area contributed by atoms with Gasteiger partial charge in [0, 0.05) is 16.7 Å². The Hall–Kier alpha value is -1.69. The predicted octanol–water partition coefficient (Wildman–Crippen LogP) is 2.57. The molecule has 0 radical (unpaired) electrons. The quantitative estimate of drug-likeness (QED) is 0.837. The highest BCUT2D eigenvalue weighted by Gasteiger charge is 2.48. The van der Waals surface area contributed by atoms with Crippen molar-refractivity contribution < 1.29 is 9.53 Å². The summed E-state index contributed by atoms with van der Waals surface area (Å²) < 4.78 is 5.48. The van der Waals surface area contributed by atoms with E-state index in [-0.39, 0.29) is 30.1 Å². The fourth-order valence-electron chi connectivity index (χ4n) is 3.35. The summed E-state index contributed by atoms with van der Waals surface area (Å²) in [5.41, 5.74) is 7.67. The molecule has 2 saturated heterocycles. The zero-order chi connectivity index (χ0) is 14.2. The molecule has 4 rings (SSSR count). The van der Waals surface area contributed by atoms with Crippen LogP contribution in [-0.2, 0) is 9.53 Å². The lowest BCUT2D eigenvalue weighted by atomic mass is 9.79. The summed E-state index contributed by atoms with van der Waals surface area (Å²) in [6.07, 6.45) is 0.192. The maximum Gasteiger partial charge on any atom is 0.308 e. The number of nitrogens with one attached hydrogen (secondary N) is 2. The van der Waals surface area contributed by atoms with Crippen LogP contribution in [-0.4, -0.2) is 12.2 Å². The first-order valence-corrected chi connectivity index (χ1v) is 8.00. The van der Waals surface area contributed by atoms with E-state index < -0.39 is 0 Å². The van der Waals surface area contributed by atoms with Crippen LogP contribution in [0.15, 0.2) is 47.8 Å². The minimum Gasteiger partial charge on any atom is -0.445 e. The van der Waals surface area contributed by atoms with Gasteiger partial charge in [-0.25, -0.2) is 10.9 Å². The zero-order valence-corrected chi connectivity index (χ0v) is 12.2. The summed E-state index contributed by atoms with van der Waals surface area (Å²) in [5, 5.41) is 2.07. The molecule has 5 heteroatoms. The maximum absolute atomic E-state index is 11.9. The highest BCUT2D eigenvalue weighted by Crippen LogP contribution is 2.45. The molecule has 2 aliphatic heterocycles. The molecule has 1 aromatic carbocycles. The molecule has 21 heavy (non-hydrogen) atoms. The first-order valence-electron chi connectivity index (χ1n) is 7.12. The van der Waals surface area contributed by atoms with Gasteiger partial charge in [-0.05, 0) is 17.0 Å². The van der Waals surface area contributed by atoms with Crippen LogP contribution in [0, 0.1) is 5.92 Å². The highest BCUT2D eigenvalue weighted by molar-refractivity contribution is 7.10. The van der Waals surface area contributed by atoms with Crippen LogP contribution in [0.1, 0.15) is 28.8 Å². The van der Waals surface area contributed by atoms with Crippen LogP contribution in [0.3, 0.4) is 0 Å². The van der Waals surface area contributed by atoms with Crippen molar-refractivity contribution in [1.82, 2.24) is 10.9 Å². The Morgan fingerprint density at radius 2 is 1.95 bits per heavy atom. The van der Waals surface area contributed by atoms with Gasteiger partial charge in [-0.3, -0.25) is 4.79 Å². The van der Waals surface area contributed by atoms with E-state index in [9.17, 15) is 4.79 Å². The summed E-state index contributed by atoms with van der Waals surface area (Å²) >= 11 is 1.71. The zero-order valence-electron chi connectivity index (χ0n) is 11.4. The molecule has 0 saturated carbocycles. The summed E-state index contributed by atoms with van der Waals surface area (Å²) in [5.74, 6) is 0.283. The summed E-state index contributed by atoms with van der Waals surface area (Å²) in [6, 6.07) is 14.6. The second kappa shape index (κ2) is 5.26. The Morgan fingerprint density at radius 1 is 1.10 bits per heavy atom. The van der Waals surface area contributed by atoms with Gasteiger partial charge in [-0.1, -0.05) is 36.4 Å². The van der Waals surface area contributed by atoms with Crippen LogP contribution in [0.2, 0.25) is 0 Å². The van der Waals surface area contributed by atoms with E-state index in [1.54, 1.807) is 11.3 Å². The smallest absolute Gasteiger partial charge is 0.308 e. The van der Waals surface area contributed by atoms with E-state index in [0.717, 1.165) is 0 Å². The number of rotatable bonds is 2. The van der Waals surface area contributed by atoms with Crippen molar-refractivity contribution in [2.45, 2.75) is 24.6 Å². The molecule has 4 unspecified atom stereocenters. The van der Waals surface area contributed by atoms with E-state index in [4.69, 9.17) is 4.74 Å². The number of ether oxygens (including phenoxy) is 1.